The summed E-state index contributed by atoms with van der Waals surface area (Å²) in [7, 11) is 0. The Balaban J connectivity index is 0.000000364. The first-order valence-electron chi connectivity index (χ1n) is 4.31. The number of carboxylic acid groups (broad SMARTS) is 1. The highest BCUT2D eigenvalue weighted by Crippen LogP contribution is 2.23. The summed E-state index contributed by atoms with van der Waals surface area (Å²) in [6, 6.07) is 3.95. The van der Waals surface area contributed by atoms with Crippen molar-refractivity contribution in [1.82, 2.24) is 0 Å². The van der Waals surface area contributed by atoms with Crippen LogP contribution in [0.2, 0.25) is 0 Å². The monoisotopic (exact) mass is 196 g/mol. The molecule has 0 aliphatic carbocycles. The average molecular weight is 196 g/mol. The molecule has 0 unspecified atom stereocenters. The summed E-state index contributed by atoms with van der Waals surface area (Å²) in [6.45, 7) is 6.91. The number of hydrogen-bond acceptors (Lipinski definition) is 2. The molecule has 1 rings (SSSR count). The Labute approximate surface area is 84.0 Å². The molecule has 0 spiro atoms. The minimum atomic E-state index is -0.833. The van der Waals surface area contributed by atoms with E-state index in [0.29, 0.717) is 5.75 Å². The molecule has 0 radical (unpaired) electrons. The van der Waals surface area contributed by atoms with Gasteiger partial charge in [0.1, 0.15) is 5.75 Å². The van der Waals surface area contributed by atoms with Gasteiger partial charge in [0.05, 0.1) is 0 Å². The fraction of sp³-hybridized carbons (Fsp3) is 0.364. The van der Waals surface area contributed by atoms with Gasteiger partial charge < -0.3 is 10.2 Å². The molecule has 0 atom stereocenters. The summed E-state index contributed by atoms with van der Waals surface area (Å²) in [6.07, 6.45) is 0. The first kappa shape index (κ1) is 12.5. The number of carboxylic acids is 1. The highest BCUT2D eigenvalue weighted by atomic mass is 16.4. The second kappa shape index (κ2) is 5.27. The summed E-state index contributed by atoms with van der Waals surface area (Å²) in [5.74, 6) is -0.403. The van der Waals surface area contributed by atoms with Crippen molar-refractivity contribution in [3.8, 4) is 5.75 Å². The number of aromatic hydroxyl groups is 1. The zero-order valence-electron chi connectivity index (χ0n) is 8.96. The van der Waals surface area contributed by atoms with Gasteiger partial charge in [0.25, 0.3) is 5.97 Å². The van der Waals surface area contributed by atoms with E-state index >= 15 is 0 Å². The standard InChI is InChI=1S/C9H12O.C2H4O2/c1-6-4-5-7(2)9(10)8(6)3;1-2(3)4/h4-5,10H,1-3H3;1H3,(H,3,4). The van der Waals surface area contributed by atoms with E-state index in [9.17, 15) is 5.11 Å². The molecule has 0 heterocycles. The van der Waals surface area contributed by atoms with Crippen molar-refractivity contribution in [2.45, 2.75) is 27.7 Å². The Hall–Kier alpha value is -1.51. The number of carbonyl (C=O) groups is 1. The third-order valence-electron chi connectivity index (χ3n) is 1.90. The van der Waals surface area contributed by atoms with Gasteiger partial charge in [0.2, 0.25) is 0 Å². The normalized spacial score (nSPS) is 8.86. The quantitative estimate of drug-likeness (QED) is 0.670. The summed E-state index contributed by atoms with van der Waals surface area (Å²) in [5, 5.41) is 16.8. The third kappa shape index (κ3) is 3.94. The van der Waals surface area contributed by atoms with Crippen LogP contribution in [0.25, 0.3) is 0 Å². The Morgan fingerprint density at radius 3 is 1.86 bits per heavy atom. The second-order valence-electron chi connectivity index (χ2n) is 3.19. The minimum absolute atomic E-state index is 0.431. The van der Waals surface area contributed by atoms with Crippen LogP contribution in [0.3, 0.4) is 0 Å². The summed E-state index contributed by atoms with van der Waals surface area (Å²) < 4.78 is 0. The van der Waals surface area contributed by atoms with E-state index in [-0.39, 0.29) is 0 Å². The number of phenols is 1. The van der Waals surface area contributed by atoms with Crippen molar-refractivity contribution in [2.24, 2.45) is 0 Å². The Kier molecular flexibility index (Phi) is 4.70. The summed E-state index contributed by atoms with van der Waals surface area (Å²) in [5.41, 5.74) is 3.08. The van der Waals surface area contributed by atoms with Crippen LogP contribution in [0.4, 0.5) is 0 Å². The fourth-order valence-corrected chi connectivity index (χ4v) is 0.936. The lowest BCUT2D eigenvalue weighted by Gasteiger charge is -2.04. The SMILES string of the molecule is CC(=O)O.Cc1ccc(C)c(O)c1C. The Bertz CT molecular complexity index is 299. The molecule has 1 aromatic carbocycles. The van der Waals surface area contributed by atoms with Crippen LogP contribution in [-0.2, 0) is 4.79 Å². The van der Waals surface area contributed by atoms with E-state index in [1.807, 2.05) is 32.9 Å². The number of aryl methyl sites for hydroxylation is 2. The van der Waals surface area contributed by atoms with Crippen LogP contribution in [0, 0.1) is 20.8 Å². The zero-order chi connectivity index (χ0) is 11.3. The number of rotatable bonds is 0. The predicted molar refractivity (Wildman–Crippen MR) is 55.6 cm³/mol. The van der Waals surface area contributed by atoms with Gasteiger partial charge in [-0.25, -0.2) is 0 Å². The van der Waals surface area contributed by atoms with Gasteiger partial charge in [-0.05, 0) is 37.5 Å². The lowest BCUT2D eigenvalue weighted by atomic mass is 10.1. The lowest BCUT2D eigenvalue weighted by molar-refractivity contribution is -0.134. The second-order valence-corrected chi connectivity index (χ2v) is 3.19. The molecule has 0 saturated heterocycles. The maximum Gasteiger partial charge on any atom is 0.300 e. The van der Waals surface area contributed by atoms with E-state index in [1.165, 1.54) is 0 Å². The van der Waals surface area contributed by atoms with Gasteiger partial charge in [0, 0.05) is 6.92 Å². The smallest absolute Gasteiger partial charge is 0.300 e. The maximum absolute atomic E-state index is 9.39. The van der Waals surface area contributed by atoms with Gasteiger partial charge >= 0.3 is 0 Å². The van der Waals surface area contributed by atoms with Crippen LogP contribution < -0.4 is 0 Å². The molecule has 3 nitrogen and oxygen atoms in total. The molecule has 0 bridgehead atoms. The van der Waals surface area contributed by atoms with Gasteiger partial charge in [-0.3, -0.25) is 4.79 Å². The number of hydrogen-bond donors (Lipinski definition) is 2. The van der Waals surface area contributed by atoms with E-state index in [2.05, 4.69) is 0 Å². The van der Waals surface area contributed by atoms with Crippen molar-refractivity contribution >= 4 is 5.97 Å². The van der Waals surface area contributed by atoms with E-state index in [0.717, 1.165) is 23.6 Å². The van der Waals surface area contributed by atoms with Gasteiger partial charge in [-0.2, -0.15) is 0 Å². The van der Waals surface area contributed by atoms with Gasteiger partial charge in [0.15, 0.2) is 0 Å². The summed E-state index contributed by atoms with van der Waals surface area (Å²) >= 11 is 0. The molecule has 0 aromatic heterocycles. The van der Waals surface area contributed by atoms with Crippen molar-refractivity contribution in [3.05, 3.63) is 28.8 Å². The average Bonchev–Trinajstić information content (AvgIpc) is 2.07. The molecule has 0 fully saturated rings. The zero-order valence-corrected chi connectivity index (χ0v) is 8.96. The van der Waals surface area contributed by atoms with Crippen LogP contribution in [-0.4, -0.2) is 16.2 Å². The number of aliphatic carboxylic acids is 1. The topological polar surface area (TPSA) is 57.5 Å². The van der Waals surface area contributed by atoms with Crippen molar-refractivity contribution in [3.63, 3.8) is 0 Å². The molecule has 0 aliphatic heterocycles. The van der Waals surface area contributed by atoms with Gasteiger partial charge in [-0.15, -0.1) is 0 Å². The molecule has 1 aromatic rings. The van der Waals surface area contributed by atoms with E-state index in [4.69, 9.17) is 9.90 Å². The lowest BCUT2D eigenvalue weighted by Crippen LogP contribution is -1.83. The number of phenolic OH excluding ortho intramolecular Hbond substituents is 1. The van der Waals surface area contributed by atoms with Crippen LogP contribution >= 0.6 is 0 Å². The number of benzene rings is 1. The van der Waals surface area contributed by atoms with Gasteiger partial charge in [-0.1, -0.05) is 12.1 Å². The van der Waals surface area contributed by atoms with Crippen molar-refractivity contribution in [1.29, 1.82) is 0 Å². The minimum Gasteiger partial charge on any atom is -0.507 e. The van der Waals surface area contributed by atoms with E-state index in [1.54, 1.807) is 0 Å². The third-order valence-corrected chi connectivity index (χ3v) is 1.90. The molecule has 0 saturated carbocycles. The molecule has 78 valence electrons. The largest absolute Gasteiger partial charge is 0.507 e. The first-order chi connectivity index (χ1) is 6.36. The van der Waals surface area contributed by atoms with Crippen LogP contribution in [0.1, 0.15) is 23.6 Å². The molecular weight excluding hydrogens is 180 g/mol. The molecule has 2 N–H and O–H groups in total. The van der Waals surface area contributed by atoms with Crippen LogP contribution in [0.15, 0.2) is 12.1 Å². The molecule has 0 amide bonds. The van der Waals surface area contributed by atoms with Crippen molar-refractivity contribution < 1.29 is 15.0 Å². The predicted octanol–water partition coefficient (Wildman–Crippen LogP) is 2.41. The maximum atomic E-state index is 9.39. The van der Waals surface area contributed by atoms with E-state index < -0.39 is 5.97 Å². The first-order valence-corrected chi connectivity index (χ1v) is 4.31. The summed E-state index contributed by atoms with van der Waals surface area (Å²) in [4.78, 5) is 9.00. The molecule has 14 heavy (non-hydrogen) atoms. The Morgan fingerprint density at radius 2 is 1.50 bits per heavy atom. The molecular formula is C11H16O3. The Morgan fingerprint density at radius 1 is 1.14 bits per heavy atom. The highest BCUT2D eigenvalue weighted by Gasteiger charge is 2.00. The molecule has 0 aliphatic rings. The highest BCUT2D eigenvalue weighted by molar-refractivity contribution is 5.62. The fourth-order valence-electron chi connectivity index (χ4n) is 0.936. The van der Waals surface area contributed by atoms with Crippen LogP contribution in [0.5, 0.6) is 5.75 Å². The van der Waals surface area contributed by atoms with Crippen molar-refractivity contribution in [2.75, 3.05) is 0 Å². The molecule has 3 heteroatoms.